The molecule has 1 amide bonds. The predicted molar refractivity (Wildman–Crippen MR) is 112 cm³/mol. The van der Waals surface area contributed by atoms with Crippen molar-refractivity contribution < 1.29 is 9.18 Å². The molecule has 0 aliphatic rings. The average molecular weight is 384 g/mol. The van der Waals surface area contributed by atoms with E-state index in [0.29, 0.717) is 25.0 Å². The molecule has 2 rings (SSSR count). The molecule has 150 valence electrons. The Morgan fingerprint density at radius 3 is 2.46 bits per heavy atom. The van der Waals surface area contributed by atoms with E-state index in [2.05, 4.69) is 59.1 Å². The normalized spacial score (nSPS) is 12.4. The van der Waals surface area contributed by atoms with E-state index in [-0.39, 0.29) is 18.1 Å². The molecular formula is C22H29FN4O. The number of carbonyl (C=O) groups excluding carboxylic acids is 1. The molecule has 3 N–H and O–H groups in total. The second kappa shape index (κ2) is 11.1. The zero-order chi connectivity index (χ0) is 20.4. The van der Waals surface area contributed by atoms with Crippen molar-refractivity contribution in [1.29, 1.82) is 0 Å². The number of hydrogen-bond donors (Lipinski definition) is 3. The van der Waals surface area contributed by atoms with E-state index in [0.717, 1.165) is 12.1 Å². The molecule has 0 heterocycles. The van der Waals surface area contributed by atoms with Gasteiger partial charge in [0.15, 0.2) is 5.96 Å². The maximum atomic E-state index is 12.9. The first kappa shape index (κ1) is 21.4. The Bertz CT molecular complexity index is 789. The van der Waals surface area contributed by atoms with Gasteiger partial charge in [0.1, 0.15) is 5.82 Å². The molecule has 6 heteroatoms. The molecule has 1 atom stereocenters. The Morgan fingerprint density at radius 2 is 1.79 bits per heavy atom. The van der Waals surface area contributed by atoms with E-state index in [9.17, 15) is 9.18 Å². The van der Waals surface area contributed by atoms with Crippen LogP contribution in [0.25, 0.3) is 0 Å². The topological polar surface area (TPSA) is 65.5 Å². The molecule has 0 spiro atoms. The summed E-state index contributed by atoms with van der Waals surface area (Å²) in [5.41, 5.74) is 3.33. The van der Waals surface area contributed by atoms with Gasteiger partial charge in [0.25, 0.3) is 0 Å². The summed E-state index contributed by atoms with van der Waals surface area (Å²) in [6, 6.07) is 14.4. The van der Waals surface area contributed by atoms with Crippen molar-refractivity contribution in [3.63, 3.8) is 0 Å². The third-order valence-electron chi connectivity index (χ3n) is 4.43. The molecule has 1 unspecified atom stereocenters. The Hall–Kier alpha value is -2.89. The van der Waals surface area contributed by atoms with Gasteiger partial charge in [0.2, 0.25) is 5.91 Å². The number of nitrogens with zero attached hydrogens (tertiary/aromatic N) is 1. The van der Waals surface area contributed by atoms with E-state index < -0.39 is 0 Å². The Kier molecular flexibility index (Phi) is 8.46. The Labute approximate surface area is 166 Å². The summed E-state index contributed by atoms with van der Waals surface area (Å²) in [6.45, 7) is 6.07. The Morgan fingerprint density at radius 1 is 1.07 bits per heavy atom. The summed E-state index contributed by atoms with van der Waals surface area (Å²) in [4.78, 5) is 16.1. The van der Waals surface area contributed by atoms with Crippen LogP contribution in [0.1, 0.15) is 29.5 Å². The maximum Gasteiger partial charge on any atom is 0.224 e. The van der Waals surface area contributed by atoms with Gasteiger partial charge >= 0.3 is 0 Å². The molecule has 0 aromatic heterocycles. The zero-order valence-corrected chi connectivity index (χ0v) is 16.8. The predicted octanol–water partition coefficient (Wildman–Crippen LogP) is 2.76. The van der Waals surface area contributed by atoms with Crippen LogP contribution in [0, 0.1) is 12.7 Å². The van der Waals surface area contributed by atoms with Gasteiger partial charge in [0.05, 0.1) is 6.42 Å². The largest absolute Gasteiger partial charge is 0.356 e. The molecule has 0 aliphatic heterocycles. The maximum absolute atomic E-state index is 12.9. The van der Waals surface area contributed by atoms with Crippen molar-refractivity contribution in [3.8, 4) is 0 Å². The zero-order valence-electron chi connectivity index (χ0n) is 16.8. The fourth-order valence-electron chi connectivity index (χ4n) is 2.80. The van der Waals surface area contributed by atoms with E-state index in [1.807, 2.05) is 0 Å². The number of carbonyl (C=O) groups is 1. The number of guanidine groups is 1. The monoisotopic (exact) mass is 384 g/mol. The quantitative estimate of drug-likeness (QED) is 0.373. The summed E-state index contributed by atoms with van der Waals surface area (Å²) in [5.74, 6) is 0.662. The van der Waals surface area contributed by atoms with E-state index in [4.69, 9.17) is 0 Å². The number of hydrogen-bond acceptors (Lipinski definition) is 2. The van der Waals surface area contributed by atoms with E-state index in [1.165, 1.54) is 23.3 Å². The van der Waals surface area contributed by atoms with Crippen molar-refractivity contribution >= 4 is 11.9 Å². The summed E-state index contributed by atoms with van der Waals surface area (Å²) in [6.07, 6.45) is 0.237. The number of halogens is 1. The number of aliphatic imine (C=N–C) groups is 1. The highest BCUT2D eigenvalue weighted by Crippen LogP contribution is 2.15. The lowest BCUT2D eigenvalue weighted by Crippen LogP contribution is -2.42. The second-order valence-corrected chi connectivity index (χ2v) is 6.85. The Balaban J connectivity index is 1.66. The summed E-state index contributed by atoms with van der Waals surface area (Å²) in [5, 5.41) is 9.34. The highest BCUT2D eigenvalue weighted by molar-refractivity contribution is 5.80. The lowest BCUT2D eigenvalue weighted by Gasteiger charge is -2.17. The molecule has 0 aliphatic carbocycles. The van der Waals surface area contributed by atoms with Crippen LogP contribution >= 0.6 is 0 Å². The van der Waals surface area contributed by atoms with Gasteiger partial charge in [-0.2, -0.15) is 0 Å². The molecule has 0 bridgehead atoms. The van der Waals surface area contributed by atoms with Crippen LogP contribution in [-0.2, 0) is 11.2 Å². The average Bonchev–Trinajstić information content (AvgIpc) is 2.69. The minimum absolute atomic E-state index is 0.0931. The van der Waals surface area contributed by atoms with Crippen LogP contribution in [0.15, 0.2) is 53.5 Å². The lowest BCUT2D eigenvalue weighted by molar-refractivity contribution is -0.120. The molecule has 0 saturated heterocycles. The van der Waals surface area contributed by atoms with Crippen molar-refractivity contribution in [1.82, 2.24) is 16.0 Å². The first-order valence-corrected chi connectivity index (χ1v) is 9.50. The van der Waals surface area contributed by atoms with Crippen LogP contribution in [0.2, 0.25) is 0 Å². The summed E-state index contributed by atoms with van der Waals surface area (Å²) < 4.78 is 12.9. The van der Waals surface area contributed by atoms with Crippen LogP contribution in [0.4, 0.5) is 4.39 Å². The smallest absolute Gasteiger partial charge is 0.224 e. The van der Waals surface area contributed by atoms with Crippen molar-refractivity contribution in [2.45, 2.75) is 26.2 Å². The van der Waals surface area contributed by atoms with Crippen LogP contribution in [0.5, 0.6) is 0 Å². The molecular weight excluding hydrogens is 355 g/mol. The van der Waals surface area contributed by atoms with Crippen molar-refractivity contribution in [3.05, 3.63) is 71.0 Å². The SMILES string of the molecule is CN=C(NCCNC(=O)Cc1ccc(F)cc1)NCC(C)c1cccc(C)c1. The van der Waals surface area contributed by atoms with Gasteiger partial charge in [-0.1, -0.05) is 48.9 Å². The number of amides is 1. The van der Waals surface area contributed by atoms with E-state index in [1.54, 1.807) is 19.2 Å². The minimum atomic E-state index is -0.302. The summed E-state index contributed by atoms with van der Waals surface area (Å²) in [7, 11) is 1.72. The third kappa shape index (κ3) is 7.39. The van der Waals surface area contributed by atoms with Crippen molar-refractivity contribution in [2.24, 2.45) is 4.99 Å². The van der Waals surface area contributed by atoms with Gasteiger partial charge in [-0.3, -0.25) is 9.79 Å². The fraction of sp³-hybridized carbons (Fsp3) is 0.364. The highest BCUT2D eigenvalue weighted by atomic mass is 19.1. The standard InChI is InChI=1S/C22H29FN4O/c1-16-5-4-6-19(13-16)17(2)15-27-22(24-3)26-12-11-25-21(28)14-18-7-9-20(23)10-8-18/h4-10,13,17H,11-12,14-15H2,1-3H3,(H,25,28)(H2,24,26,27). The molecule has 0 saturated carbocycles. The highest BCUT2D eigenvalue weighted by Gasteiger charge is 2.07. The molecule has 28 heavy (non-hydrogen) atoms. The first-order chi connectivity index (χ1) is 13.5. The first-order valence-electron chi connectivity index (χ1n) is 9.50. The molecule has 2 aromatic carbocycles. The van der Waals surface area contributed by atoms with Gasteiger partial charge in [-0.25, -0.2) is 4.39 Å². The molecule has 0 radical (unpaired) electrons. The minimum Gasteiger partial charge on any atom is -0.356 e. The van der Waals surface area contributed by atoms with Gasteiger partial charge in [-0.15, -0.1) is 0 Å². The van der Waals surface area contributed by atoms with Crippen LogP contribution < -0.4 is 16.0 Å². The number of nitrogens with one attached hydrogen (secondary N) is 3. The van der Waals surface area contributed by atoms with Gasteiger partial charge in [-0.05, 0) is 36.1 Å². The molecule has 2 aromatic rings. The van der Waals surface area contributed by atoms with E-state index >= 15 is 0 Å². The third-order valence-corrected chi connectivity index (χ3v) is 4.43. The van der Waals surface area contributed by atoms with Crippen LogP contribution in [-0.4, -0.2) is 38.5 Å². The number of benzene rings is 2. The number of aryl methyl sites for hydroxylation is 1. The van der Waals surface area contributed by atoms with Gasteiger partial charge < -0.3 is 16.0 Å². The van der Waals surface area contributed by atoms with Gasteiger partial charge in [0, 0.05) is 26.7 Å². The fourth-order valence-corrected chi connectivity index (χ4v) is 2.80. The number of rotatable bonds is 8. The molecule has 5 nitrogen and oxygen atoms in total. The van der Waals surface area contributed by atoms with Crippen molar-refractivity contribution in [2.75, 3.05) is 26.7 Å². The summed E-state index contributed by atoms with van der Waals surface area (Å²) >= 11 is 0. The molecule has 0 fully saturated rings. The lowest BCUT2D eigenvalue weighted by atomic mass is 9.99. The van der Waals surface area contributed by atoms with Crippen LogP contribution in [0.3, 0.4) is 0 Å². The second-order valence-electron chi connectivity index (χ2n) is 6.85.